The Bertz CT molecular complexity index is 367. The molecule has 0 aliphatic carbocycles. The first-order valence-electron chi connectivity index (χ1n) is 5.78. The van der Waals surface area contributed by atoms with Gasteiger partial charge in [0.25, 0.3) is 0 Å². The molecule has 0 aliphatic heterocycles. The molecule has 0 saturated carbocycles. The first kappa shape index (κ1) is 13.9. The number of pyridine rings is 1. The van der Waals surface area contributed by atoms with Gasteiger partial charge in [0.15, 0.2) is 0 Å². The van der Waals surface area contributed by atoms with E-state index in [1.54, 1.807) is 18.3 Å². The van der Waals surface area contributed by atoms with Gasteiger partial charge >= 0.3 is 0 Å². The minimum absolute atomic E-state index is 0.362. The first-order valence-corrected chi connectivity index (χ1v) is 6.19. The lowest BCUT2D eigenvalue weighted by molar-refractivity contribution is 0.218. The van der Waals surface area contributed by atoms with E-state index in [0.717, 1.165) is 25.2 Å². The molecule has 5 heteroatoms. The summed E-state index contributed by atoms with van der Waals surface area (Å²) in [6.07, 6.45) is 1.65. The van der Waals surface area contributed by atoms with Gasteiger partial charge in [0.05, 0.1) is 0 Å². The maximum Gasteiger partial charge on any atom is 0.213 e. The lowest BCUT2D eigenvalue weighted by Gasteiger charge is -2.17. The fraction of sp³-hybridized carbons (Fsp3) is 0.500. The molecule has 0 aromatic carbocycles. The summed E-state index contributed by atoms with van der Waals surface area (Å²) < 4.78 is 5.56. The molecule has 1 aromatic rings. The van der Waals surface area contributed by atoms with Gasteiger partial charge in [0.2, 0.25) is 5.88 Å². The zero-order valence-electron chi connectivity index (χ0n) is 10.3. The van der Waals surface area contributed by atoms with Gasteiger partial charge in [-0.15, -0.1) is 0 Å². The van der Waals surface area contributed by atoms with E-state index in [1.807, 2.05) is 0 Å². The first-order chi connectivity index (χ1) is 8.17. The molecular formula is C12H19N3OS. The maximum absolute atomic E-state index is 5.56. The van der Waals surface area contributed by atoms with Crippen LogP contribution >= 0.6 is 12.2 Å². The summed E-state index contributed by atoms with van der Waals surface area (Å²) in [5.41, 5.74) is 6.33. The Kier molecular flexibility index (Phi) is 5.86. The van der Waals surface area contributed by atoms with Gasteiger partial charge in [0, 0.05) is 24.4 Å². The van der Waals surface area contributed by atoms with Crippen LogP contribution in [0, 0.1) is 0 Å². The number of hydrogen-bond acceptors (Lipinski definition) is 4. The quantitative estimate of drug-likeness (QED) is 0.745. The monoisotopic (exact) mass is 253 g/mol. The Morgan fingerprint density at radius 1 is 1.47 bits per heavy atom. The third-order valence-corrected chi connectivity index (χ3v) is 2.81. The second kappa shape index (κ2) is 7.19. The smallest absolute Gasteiger partial charge is 0.213 e. The molecule has 0 aliphatic rings. The minimum atomic E-state index is 0.362. The predicted octanol–water partition coefficient (Wildman–Crippen LogP) is 1.44. The van der Waals surface area contributed by atoms with Gasteiger partial charge in [-0.25, -0.2) is 4.98 Å². The van der Waals surface area contributed by atoms with Crippen LogP contribution in [0.2, 0.25) is 0 Å². The van der Waals surface area contributed by atoms with Crippen LogP contribution in [-0.2, 0) is 0 Å². The van der Waals surface area contributed by atoms with Crippen molar-refractivity contribution in [3.63, 3.8) is 0 Å². The zero-order chi connectivity index (χ0) is 12.7. The normalized spacial score (nSPS) is 10.5. The summed E-state index contributed by atoms with van der Waals surface area (Å²) in [6.45, 7) is 7.84. The molecule has 0 bridgehead atoms. The highest BCUT2D eigenvalue weighted by Crippen LogP contribution is 2.09. The molecule has 2 N–H and O–H groups in total. The highest BCUT2D eigenvalue weighted by atomic mass is 32.1. The lowest BCUT2D eigenvalue weighted by atomic mass is 10.3. The van der Waals surface area contributed by atoms with Crippen LogP contribution in [0.1, 0.15) is 19.4 Å². The Balaban J connectivity index is 2.46. The molecule has 0 amide bonds. The molecule has 0 radical (unpaired) electrons. The molecule has 0 atom stereocenters. The van der Waals surface area contributed by atoms with E-state index in [1.165, 1.54) is 0 Å². The molecule has 94 valence electrons. The summed E-state index contributed by atoms with van der Waals surface area (Å²) in [5, 5.41) is 0. The van der Waals surface area contributed by atoms with Crippen LogP contribution in [0.25, 0.3) is 0 Å². The van der Waals surface area contributed by atoms with Crippen LogP contribution in [0.15, 0.2) is 18.3 Å². The summed E-state index contributed by atoms with van der Waals surface area (Å²) in [6, 6.07) is 3.55. The van der Waals surface area contributed by atoms with Gasteiger partial charge in [-0.2, -0.15) is 0 Å². The van der Waals surface area contributed by atoms with Crippen molar-refractivity contribution in [1.82, 2.24) is 9.88 Å². The van der Waals surface area contributed by atoms with Crippen LogP contribution < -0.4 is 10.5 Å². The number of likely N-dealkylation sites (N-methyl/N-ethyl adjacent to an activating group) is 1. The SMILES string of the molecule is CCN(CC)CCOc1cc(C(N)=S)ccn1. The Morgan fingerprint density at radius 2 is 2.18 bits per heavy atom. The number of nitrogens with zero attached hydrogens (tertiary/aromatic N) is 2. The molecular weight excluding hydrogens is 234 g/mol. The second-order valence-corrected chi connectivity index (χ2v) is 4.06. The molecule has 1 heterocycles. The molecule has 0 spiro atoms. The average molecular weight is 253 g/mol. The third-order valence-electron chi connectivity index (χ3n) is 2.57. The van der Waals surface area contributed by atoms with Crippen molar-refractivity contribution in [1.29, 1.82) is 0 Å². The van der Waals surface area contributed by atoms with E-state index in [-0.39, 0.29) is 0 Å². The van der Waals surface area contributed by atoms with Crippen molar-refractivity contribution >= 4 is 17.2 Å². The van der Waals surface area contributed by atoms with E-state index in [2.05, 4.69) is 23.7 Å². The summed E-state index contributed by atoms with van der Waals surface area (Å²) in [7, 11) is 0. The number of thiocarbonyl (C=S) groups is 1. The lowest BCUT2D eigenvalue weighted by Crippen LogP contribution is -2.28. The standard InChI is InChI=1S/C12H19N3OS/c1-3-15(4-2)7-8-16-11-9-10(12(13)17)5-6-14-11/h5-6,9H,3-4,7-8H2,1-2H3,(H2,13,17). The van der Waals surface area contributed by atoms with Crippen molar-refractivity contribution in [2.75, 3.05) is 26.2 Å². The summed E-state index contributed by atoms with van der Waals surface area (Å²) in [4.78, 5) is 6.77. The van der Waals surface area contributed by atoms with Gasteiger partial charge in [-0.1, -0.05) is 26.1 Å². The van der Waals surface area contributed by atoms with Crippen LogP contribution in [-0.4, -0.2) is 41.1 Å². The largest absolute Gasteiger partial charge is 0.476 e. The highest BCUT2D eigenvalue weighted by molar-refractivity contribution is 7.80. The summed E-state index contributed by atoms with van der Waals surface area (Å²) >= 11 is 4.90. The third kappa shape index (κ3) is 4.66. The van der Waals surface area contributed by atoms with E-state index in [4.69, 9.17) is 22.7 Å². The van der Waals surface area contributed by atoms with E-state index in [0.29, 0.717) is 17.5 Å². The molecule has 0 fully saturated rings. The van der Waals surface area contributed by atoms with E-state index in [9.17, 15) is 0 Å². The number of rotatable bonds is 7. The van der Waals surface area contributed by atoms with Crippen LogP contribution in [0.5, 0.6) is 5.88 Å². The number of hydrogen-bond donors (Lipinski definition) is 1. The van der Waals surface area contributed by atoms with Crippen molar-refractivity contribution in [3.05, 3.63) is 23.9 Å². The van der Waals surface area contributed by atoms with Crippen molar-refractivity contribution in [3.8, 4) is 5.88 Å². The summed E-state index contributed by atoms with van der Waals surface area (Å²) in [5.74, 6) is 0.572. The molecule has 4 nitrogen and oxygen atoms in total. The highest BCUT2D eigenvalue weighted by Gasteiger charge is 2.02. The van der Waals surface area contributed by atoms with Crippen LogP contribution in [0.4, 0.5) is 0 Å². The maximum atomic E-state index is 5.56. The van der Waals surface area contributed by atoms with Gasteiger partial charge in [0.1, 0.15) is 11.6 Å². The topological polar surface area (TPSA) is 51.4 Å². The van der Waals surface area contributed by atoms with Gasteiger partial charge < -0.3 is 15.4 Å². The molecule has 17 heavy (non-hydrogen) atoms. The number of ether oxygens (including phenoxy) is 1. The zero-order valence-corrected chi connectivity index (χ0v) is 11.2. The minimum Gasteiger partial charge on any atom is -0.476 e. The second-order valence-electron chi connectivity index (χ2n) is 3.62. The van der Waals surface area contributed by atoms with Crippen molar-refractivity contribution < 1.29 is 4.74 Å². The van der Waals surface area contributed by atoms with Crippen LogP contribution in [0.3, 0.4) is 0 Å². The molecule has 1 aromatic heterocycles. The fourth-order valence-corrected chi connectivity index (χ4v) is 1.59. The molecule has 0 saturated heterocycles. The Hall–Kier alpha value is -1.20. The predicted molar refractivity (Wildman–Crippen MR) is 73.4 cm³/mol. The van der Waals surface area contributed by atoms with Gasteiger partial charge in [-0.05, 0) is 19.2 Å². The van der Waals surface area contributed by atoms with Gasteiger partial charge in [-0.3, -0.25) is 0 Å². The van der Waals surface area contributed by atoms with E-state index < -0.39 is 0 Å². The fourth-order valence-electron chi connectivity index (χ4n) is 1.46. The number of aromatic nitrogens is 1. The Morgan fingerprint density at radius 3 is 2.76 bits per heavy atom. The number of nitrogens with two attached hydrogens (primary N) is 1. The average Bonchev–Trinajstić information content (AvgIpc) is 2.35. The van der Waals surface area contributed by atoms with E-state index >= 15 is 0 Å². The Labute approximate surface area is 108 Å². The van der Waals surface area contributed by atoms with Crippen molar-refractivity contribution in [2.24, 2.45) is 5.73 Å². The molecule has 0 unspecified atom stereocenters. The van der Waals surface area contributed by atoms with Crippen molar-refractivity contribution in [2.45, 2.75) is 13.8 Å². The molecule has 1 rings (SSSR count).